The standard InChI is InChI=1S/C23H22N4O6S2/c28-19(15-7-8-20-18(12-15)24-21(29)13-32-20)14-34-23-26-25-22(33-23)16-5-4-6-17(11-16)35(30,31)27-9-2-1-3-10-27/h4-8,11-12H,1-3,9-10,13-14H2,(H,24,29). The molecule has 2 aromatic carbocycles. The van der Waals surface area contributed by atoms with Crippen LogP contribution >= 0.6 is 11.8 Å². The van der Waals surface area contributed by atoms with Crippen molar-refractivity contribution in [1.82, 2.24) is 14.5 Å². The lowest BCUT2D eigenvalue weighted by molar-refractivity contribution is -0.118. The number of nitrogens with zero attached hydrogens (tertiary/aromatic N) is 3. The Labute approximate surface area is 206 Å². The van der Waals surface area contributed by atoms with E-state index in [2.05, 4.69) is 15.5 Å². The summed E-state index contributed by atoms with van der Waals surface area (Å²) in [4.78, 5) is 24.3. The molecule has 1 aromatic heterocycles. The highest BCUT2D eigenvalue weighted by molar-refractivity contribution is 7.99. The van der Waals surface area contributed by atoms with Crippen LogP contribution in [0.25, 0.3) is 11.5 Å². The first kappa shape index (κ1) is 23.5. The lowest BCUT2D eigenvalue weighted by Gasteiger charge is -2.25. The minimum Gasteiger partial charge on any atom is -0.482 e. The Morgan fingerprint density at radius 3 is 2.74 bits per heavy atom. The summed E-state index contributed by atoms with van der Waals surface area (Å²) in [5.41, 5.74) is 1.35. The van der Waals surface area contributed by atoms with E-state index in [9.17, 15) is 18.0 Å². The molecule has 1 N–H and O–H groups in total. The number of amides is 1. The molecule has 0 unspecified atom stereocenters. The molecule has 5 rings (SSSR count). The highest BCUT2D eigenvalue weighted by Crippen LogP contribution is 2.30. The highest BCUT2D eigenvalue weighted by Gasteiger charge is 2.26. The fourth-order valence-electron chi connectivity index (χ4n) is 3.90. The molecule has 2 aliphatic rings. The molecule has 182 valence electrons. The van der Waals surface area contributed by atoms with Crippen LogP contribution in [0.1, 0.15) is 29.6 Å². The molecule has 10 nitrogen and oxygen atoms in total. The molecule has 0 bridgehead atoms. The molecule has 0 saturated carbocycles. The molecule has 3 aromatic rings. The minimum atomic E-state index is -3.59. The molecule has 35 heavy (non-hydrogen) atoms. The third kappa shape index (κ3) is 5.09. The number of rotatable bonds is 7. The van der Waals surface area contributed by atoms with Crippen LogP contribution < -0.4 is 10.1 Å². The quantitative estimate of drug-likeness (QED) is 0.373. The minimum absolute atomic E-state index is 0.0403. The number of thioether (sulfide) groups is 1. The van der Waals surface area contributed by atoms with Gasteiger partial charge in [-0.3, -0.25) is 9.59 Å². The van der Waals surface area contributed by atoms with Gasteiger partial charge in [0.25, 0.3) is 11.1 Å². The summed E-state index contributed by atoms with van der Waals surface area (Å²) in [6.45, 7) is 0.986. The van der Waals surface area contributed by atoms with Crippen LogP contribution in [0.2, 0.25) is 0 Å². The number of carbonyl (C=O) groups is 2. The molecule has 1 fully saturated rings. The Morgan fingerprint density at radius 1 is 1.09 bits per heavy atom. The Bertz CT molecular complexity index is 1380. The second kappa shape index (κ2) is 9.80. The van der Waals surface area contributed by atoms with Crippen molar-refractivity contribution in [2.24, 2.45) is 0 Å². The number of nitrogens with one attached hydrogen (secondary N) is 1. The van der Waals surface area contributed by atoms with Crippen molar-refractivity contribution in [2.45, 2.75) is 29.4 Å². The van der Waals surface area contributed by atoms with Crippen molar-refractivity contribution in [2.75, 3.05) is 30.8 Å². The van der Waals surface area contributed by atoms with Gasteiger partial charge in [-0.2, -0.15) is 4.31 Å². The summed E-state index contributed by atoms with van der Waals surface area (Å²) < 4.78 is 38.5. The number of aromatic nitrogens is 2. The SMILES string of the molecule is O=C1COc2ccc(C(=O)CSc3nnc(-c4cccc(S(=O)(=O)N5CCCCC5)c4)o3)cc2N1. The van der Waals surface area contributed by atoms with E-state index in [-0.39, 0.29) is 40.1 Å². The van der Waals surface area contributed by atoms with Gasteiger partial charge in [-0.05, 0) is 49.2 Å². The molecule has 3 heterocycles. The first-order chi connectivity index (χ1) is 16.9. The maximum Gasteiger partial charge on any atom is 0.277 e. The number of hydrogen-bond acceptors (Lipinski definition) is 9. The van der Waals surface area contributed by atoms with Crippen molar-refractivity contribution in [3.63, 3.8) is 0 Å². The number of piperidine rings is 1. The van der Waals surface area contributed by atoms with Crippen molar-refractivity contribution >= 4 is 39.2 Å². The Hall–Kier alpha value is -3.22. The molecule has 2 aliphatic heterocycles. The summed E-state index contributed by atoms with van der Waals surface area (Å²) in [5.74, 6) is 0.261. The maximum absolute atomic E-state index is 13.0. The Kier molecular flexibility index (Phi) is 6.58. The van der Waals surface area contributed by atoms with Crippen LogP contribution in [-0.4, -0.2) is 60.1 Å². The second-order valence-corrected chi connectivity index (χ2v) is 11.0. The van der Waals surface area contributed by atoms with E-state index >= 15 is 0 Å². The smallest absolute Gasteiger partial charge is 0.277 e. The van der Waals surface area contributed by atoms with Gasteiger partial charge in [0.1, 0.15) is 5.75 Å². The van der Waals surface area contributed by atoms with Crippen LogP contribution in [0.15, 0.2) is 57.0 Å². The molecule has 1 amide bonds. The lowest BCUT2D eigenvalue weighted by Crippen LogP contribution is -2.35. The van der Waals surface area contributed by atoms with Gasteiger partial charge in [0.15, 0.2) is 12.4 Å². The van der Waals surface area contributed by atoms with Crippen molar-refractivity contribution in [1.29, 1.82) is 0 Å². The molecule has 0 radical (unpaired) electrons. The number of fused-ring (bicyclic) bond motifs is 1. The molecular weight excluding hydrogens is 492 g/mol. The predicted molar refractivity (Wildman–Crippen MR) is 128 cm³/mol. The molecular formula is C23H22N4O6S2. The van der Waals surface area contributed by atoms with E-state index in [0.717, 1.165) is 31.0 Å². The zero-order valence-electron chi connectivity index (χ0n) is 18.6. The van der Waals surface area contributed by atoms with Gasteiger partial charge in [0.2, 0.25) is 15.9 Å². The fraction of sp³-hybridized carbons (Fsp3) is 0.304. The third-order valence-corrected chi connectivity index (χ3v) is 8.41. The van der Waals surface area contributed by atoms with E-state index in [1.807, 2.05) is 0 Å². The number of Topliss-reactive ketones (excluding diaryl/α,β-unsaturated/α-hetero) is 1. The van der Waals surface area contributed by atoms with Gasteiger partial charge in [-0.25, -0.2) is 8.42 Å². The van der Waals surface area contributed by atoms with Crippen LogP contribution in [-0.2, 0) is 14.8 Å². The number of hydrogen-bond donors (Lipinski definition) is 1. The number of carbonyl (C=O) groups excluding carboxylic acids is 2. The van der Waals surface area contributed by atoms with Crippen LogP contribution in [0.5, 0.6) is 5.75 Å². The van der Waals surface area contributed by atoms with Gasteiger partial charge in [0.05, 0.1) is 16.3 Å². The van der Waals surface area contributed by atoms with Crippen molar-refractivity contribution in [3.8, 4) is 17.2 Å². The van der Waals surface area contributed by atoms with Gasteiger partial charge in [-0.1, -0.05) is 24.2 Å². The normalized spacial score (nSPS) is 16.3. The van der Waals surface area contributed by atoms with E-state index in [1.165, 1.54) is 10.4 Å². The number of sulfonamides is 1. The van der Waals surface area contributed by atoms with E-state index in [4.69, 9.17) is 9.15 Å². The average molecular weight is 515 g/mol. The van der Waals surface area contributed by atoms with Gasteiger partial charge >= 0.3 is 0 Å². The molecule has 0 spiro atoms. The van der Waals surface area contributed by atoms with Crippen molar-refractivity contribution in [3.05, 3.63) is 48.0 Å². The van der Waals surface area contributed by atoms with Gasteiger partial charge < -0.3 is 14.5 Å². The van der Waals surface area contributed by atoms with E-state index in [1.54, 1.807) is 36.4 Å². The summed E-state index contributed by atoms with van der Waals surface area (Å²) in [5, 5.41) is 10.9. The number of ketones is 1. The summed E-state index contributed by atoms with van der Waals surface area (Å²) in [7, 11) is -3.59. The molecule has 0 atom stereocenters. The van der Waals surface area contributed by atoms with Crippen LogP contribution in [0, 0.1) is 0 Å². The zero-order chi connectivity index (χ0) is 24.4. The highest BCUT2D eigenvalue weighted by atomic mass is 32.2. The topological polar surface area (TPSA) is 132 Å². The van der Waals surface area contributed by atoms with Gasteiger partial charge in [0, 0.05) is 24.2 Å². The van der Waals surface area contributed by atoms with Crippen molar-refractivity contribution < 1.29 is 27.2 Å². The number of anilines is 1. The first-order valence-electron chi connectivity index (χ1n) is 11.1. The lowest BCUT2D eigenvalue weighted by atomic mass is 10.1. The van der Waals surface area contributed by atoms with E-state index < -0.39 is 10.0 Å². The summed E-state index contributed by atoms with van der Waals surface area (Å²) in [6, 6.07) is 11.3. The number of ether oxygens (including phenoxy) is 1. The molecule has 12 heteroatoms. The molecule has 1 saturated heterocycles. The number of benzene rings is 2. The Morgan fingerprint density at radius 2 is 1.91 bits per heavy atom. The monoisotopic (exact) mass is 514 g/mol. The third-order valence-electron chi connectivity index (χ3n) is 5.70. The average Bonchev–Trinajstić information content (AvgIpc) is 3.36. The second-order valence-electron chi connectivity index (χ2n) is 8.13. The first-order valence-corrected chi connectivity index (χ1v) is 13.5. The van der Waals surface area contributed by atoms with Crippen LogP contribution in [0.4, 0.5) is 5.69 Å². The van der Waals surface area contributed by atoms with Crippen LogP contribution in [0.3, 0.4) is 0 Å². The van der Waals surface area contributed by atoms with Gasteiger partial charge in [-0.15, -0.1) is 10.2 Å². The summed E-state index contributed by atoms with van der Waals surface area (Å²) in [6.07, 6.45) is 2.75. The molecule has 0 aliphatic carbocycles. The van der Waals surface area contributed by atoms with E-state index in [0.29, 0.717) is 35.7 Å². The summed E-state index contributed by atoms with van der Waals surface area (Å²) >= 11 is 1.07. The largest absolute Gasteiger partial charge is 0.482 e. The zero-order valence-corrected chi connectivity index (χ0v) is 20.2. The Balaban J connectivity index is 1.26. The predicted octanol–water partition coefficient (Wildman–Crippen LogP) is 3.22. The maximum atomic E-state index is 13.0. The fourth-order valence-corrected chi connectivity index (χ4v) is 6.12.